The van der Waals surface area contributed by atoms with E-state index in [4.69, 9.17) is 9.47 Å². The number of carbonyl (C=O) groups excluding carboxylic acids is 2. The minimum absolute atomic E-state index is 0.0244. The largest absolute Gasteiger partial charge is 0.454 e. The highest BCUT2D eigenvalue weighted by Gasteiger charge is 2.32. The van der Waals surface area contributed by atoms with Gasteiger partial charge in [0, 0.05) is 30.7 Å². The lowest BCUT2D eigenvalue weighted by molar-refractivity contribution is 0.0330. The van der Waals surface area contributed by atoms with Crippen LogP contribution in [0.2, 0.25) is 0 Å². The summed E-state index contributed by atoms with van der Waals surface area (Å²) in [5.74, 6) is -1.40. The molecule has 0 N–H and O–H groups in total. The first-order valence-electron chi connectivity index (χ1n) is 8.78. The second-order valence-corrected chi connectivity index (χ2v) is 9.71. The number of benzene rings is 1. The quantitative estimate of drug-likeness (QED) is 0.109. The molecule has 162 valence electrons. The topological polar surface area (TPSA) is 52.6 Å². The molecule has 0 aromatic heterocycles. The van der Waals surface area contributed by atoms with Crippen LogP contribution in [0, 0.1) is 0 Å². The molecule has 0 radical (unpaired) electrons. The van der Waals surface area contributed by atoms with Crippen molar-refractivity contribution < 1.29 is 19.1 Å². The number of ether oxygens (including phenoxy) is 2. The maximum Gasteiger partial charge on any atom is 0.340 e. The SMILES string of the molecule is C=CCC(OC(=O)c1c(Br)c(Br)c(Br)c(Br)c1C(=O)OC(CC=C)C(=C)C)C(=C)C. The van der Waals surface area contributed by atoms with Gasteiger partial charge in [-0.3, -0.25) is 0 Å². The minimum atomic E-state index is -0.701. The molecule has 4 nitrogen and oxygen atoms in total. The Labute approximate surface area is 211 Å². The Morgan fingerprint density at radius 2 is 1.07 bits per heavy atom. The van der Waals surface area contributed by atoms with Gasteiger partial charge in [-0.1, -0.05) is 25.3 Å². The van der Waals surface area contributed by atoms with Crippen molar-refractivity contribution in [2.24, 2.45) is 0 Å². The van der Waals surface area contributed by atoms with Crippen LogP contribution in [0.25, 0.3) is 0 Å². The van der Waals surface area contributed by atoms with E-state index in [2.05, 4.69) is 90.0 Å². The summed E-state index contributed by atoms with van der Waals surface area (Å²) in [6, 6.07) is 0. The zero-order chi connectivity index (χ0) is 23.2. The van der Waals surface area contributed by atoms with Crippen LogP contribution in [0.4, 0.5) is 0 Å². The Balaban J connectivity index is 3.55. The average molecular weight is 670 g/mol. The molecule has 1 aromatic rings. The molecule has 0 spiro atoms. The summed E-state index contributed by atoms with van der Waals surface area (Å²) >= 11 is 13.6. The van der Waals surface area contributed by atoms with Gasteiger partial charge in [-0.05, 0) is 88.7 Å². The first kappa shape index (κ1) is 27.1. The normalized spacial score (nSPS) is 12.5. The molecule has 0 heterocycles. The standard InChI is InChI=1S/C22H22Br4O4/c1-7-9-13(11(3)4)29-21(27)15-16(18(24)20(26)19(25)17(15)23)22(28)30-14(10-8-2)12(5)6/h7-8,13-14H,1-3,5,9-10H2,4,6H3. The molecular formula is C22H22Br4O4. The molecule has 0 aliphatic heterocycles. The van der Waals surface area contributed by atoms with E-state index in [0.29, 0.717) is 41.9 Å². The van der Waals surface area contributed by atoms with Crippen molar-refractivity contribution in [1.82, 2.24) is 0 Å². The molecule has 0 amide bonds. The van der Waals surface area contributed by atoms with E-state index in [0.717, 1.165) is 0 Å². The first-order chi connectivity index (χ1) is 14.0. The maximum atomic E-state index is 13.1. The second-order valence-electron chi connectivity index (χ2n) is 6.54. The zero-order valence-electron chi connectivity index (χ0n) is 16.7. The van der Waals surface area contributed by atoms with Crippen molar-refractivity contribution in [1.29, 1.82) is 0 Å². The molecule has 0 aliphatic rings. The average Bonchev–Trinajstić information content (AvgIpc) is 2.67. The van der Waals surface area contributed by atoms with Crippen molar-refractivity contribution in [2.45, 2.75) is 38.9 Å². The van der Waals surface area contributed by atoms with Crippen LogP contribution in [-0.2, 0) is 9.47 Å². The fourth-order valence-electron chi connectivity index (χ4n) is 2.39. The molecular weight excluding hydrogens is 648 g/mol. The van der Waals surface area contributed by atoms with Crippen LogP contribution in [-0.4, -0.2) is 24.1 Å². The highest BCUT2D eigenvalue weighted by atomic mass is 79.9. The number of hydrogen-bond acceptors (Lipinski definition) is 4. The molecule has 0 saturated carbocycles. The van der Waals surface area contributed by atoms with Gasteiger partial charge in [-0.25, -0.2) is 9.59 Å². The molecule has 1 rings (SSSR count). The Bertz CT molecular complexity index is 832. The summed E-state index contributed by atoms with van der Waals surface area (Å²) < 4.78 is 13.0. The Morgan fingerprint density at radius 3 is 1.30 bits per heavy atom. The molecule has 0 bridgehead atoms. The van der Waals surface area contributed by atoms with Gasteiger partial charge in [0.05, 0.1) is 11.1 Å². The van der Waals surface area contributed by atoms with Gasteiger partial charge in [0.15, 0.2) is 0 Å². The second kappa shape index (κ2) is 12.2. The number of esters is 2. The highest BCUT2D eigenvalue weighted by Crippen LogP contribution is 2.43. The fourth-order valence-corrected chi connectivity index (χ4v) is 4.84. The van der Waals surface area contributed by atoms with Crippen LogP contribution in [0.3, 0.4) is 0 Å². The van der Waals surface area contributed by atoms with Crippen molar-refractivity contribution in [3.05, 3.63) is 78.6 Å². The third-order valence-electron chi connectivity index (χ3n) is 4.03. The van der Waals surface area contributed by atoms with Gasteiger partial charge in [0.1, 0.15) is 12.2 Å². The van der Waals surface area contributed by atoms with Crippen LogP contribution >= 0.6 is 63.7 Å². The Morgan fingerprint density at radius 1 is 0.767 bits per heavy atom. The molecule has 30 heavy (non-hydrogen) atoms. The predicted molar refractivity (Wildman–Crippen MR) is 135 cm³/mol. The molecule has 2 unspecified atom stereocenters. The predicted octanol–water partition coefficient (Wildman–Crippen LogP) is 8.09. The van der Waals surface area contributed by atoms with E-state index in [1.54, 1.807) is 26.0 Å². The van der Waals surface area contributed by atoms with E-state index in [1.165, 1.54) is 0 Å². The van der Waals surface area contributed by atoms with Crippen LogP contribution in [0.5, 0.6) is 0 Å². The van der Waals surface area contributed by atoms with E-state index in [-0.39, 0.29) is 11.1 Å². The van der Waals surface area contributed by atoms with Gasteiger partial charge < -0.3 is 9.47 Å². The van der Waals surface area contributed by atoms with Gasteiger partial charge >= 0.3 is 11.9 Å². The number of rotatable bonds is 10. The van der Waals surface area contributed by atoms with Gasteiger partial charge in [-0.15, -0.1) is 13.2 Å². The van der Waals surface area contributed by atoms with E-state index >= 15 is 0 Å². The zero-order valence-corrected chi connectivity index (χ0v) is 23.0. The van der Waals surface area contributed by atoms with Gasteiger partial charge in [0.25, 0.3) is 0 Å². The highest BCUT2D eigenvalue weighted by molar-refractivity contribution is 9.15. The van der Waals surface area contributed by atoms with Crippen molar-refractivity contribution in [3.63, 3.8) is 0 Å². The summed E-state index contributed by atoms with van der Waals surface area (Å²) in [4.78, 5) is 26.2. The summed E-state index contributed by atoms with van der Waals surface area (Å²) in [7, 11) is 0. The summed E-state index contributed by atoms with van der Waals surface area (Å²) in [6.07, 6.45) is 2.92. The maximum absolute atomic E-state index is 13.1. The Hall–Kier alpha value is -0.960. The van der Waals surface area contributed by atoms with Crippen LogP contribution < -0.4 is 0 Å². The molecule has 8 heteroatoms. The van der Waals surface area contributed by atoms with Crippen molar-refractivity contribution in [2.75, 3.05) is 0 Å². The molecule has 0 fully saturated rings. The van der Waals surface area contributed by atoms with Crippen molar-refractivity contribution in [3.8, 4) is 0 Å². The van der Waals surface area contributed by atoms with Crippen molar-refractivity contribution >= 4 is 75.7 Å². The molecule has 2 atom stereocenters. The third kappa shape index (κ3) is 6.52. The lowest BCUT2D eigenvalue weighted by Crippen LogP contribution is -2.24. The lowest BCUT2D eigenvalue weighted by Gasteiger charge is -2.22. The number of halogens is 4. The molecule has 0 saturated heterocycles. The van der Waals surface area contributed by atoms with E-state index in [9.17, 15) is 9.59 Å². The molecule has 0 aliphatic carbocycles. The number of hydrogen-bond donors (Lipinski definition) is 0. The van der Waals surface area contributed by atoms with Gasteiger partial charge in [-0.2, -0.15) is 0 Å². The fraction of sp³-hybridized carbons (Fsp3) is 0.273. The lowest BCUT2D eigenvalue weighted by atomic mass is 10.1. The smallest absolute Gasteiger partial charge is 0.340 e. The number of carbonyl (C=O) groups is 2. The van der Waals surface area contributed by atoms with E-state index in [1.807, 2.05) is 0 Å². The minimum Gasteiger partial charge on any atom is -0.454 e. The van der Waals surface area contributed by atoms with E-state index < -0.39 is 24.1 Å². The summed E-state index contributed by atoms with van der Waals surface area (Å²) in [5.41, 5.74) is 1.37. The molecule has 1 aromatic carbocycles. The van der Waals surface area contributed by atoms with Crippen LogP contribution in [0.15, 0.2) is 67.5 Å². The Kier molecular flexibility index (Phi) is 11.0. The third-order valence-corrected chi connectivity index (χ3v) is 8.80. The summed E-state index contributed by atoms with van der Waals surface area (Å²) in [5, 5.41) is 0. The van der Waals surface area contributed by atoms with Gasteiger partial charge in [0.2, 0.25) is 0 Å². The summed E-state index contributed by atoms with van der Waals surface area (Å²) in [6.45, 7) is 18.6. The van der Waals surface area contributed by atoms with Crippen LogP contribution in [0.1, 0.15) is 47.4 Å². The first-order valence-corrected chi connectivity index (χ1v) is 11.9. The monoisotopic (exact) mass is 666 g/mol.